The number of benzene rings is 2. The van der Waals surface area contributed by atoms with Crippen molar-refractivity contribution in [3.63, 3.8) is 0 Å². The molecule has 0 saturated heterocycles. The number of nitrogens with zero attached hydrogens (tertiary/aromatic N) is 2. The Morgan fingerprint density at radius 1 is 1.04 bits per heavy atom. The fourth-order valence-electron chi connectivity index (χ4n) is 2.15. The van der Waals surface area contributed by atoms with Gasteiger partial charge in [-0.25, -0.2) is 13.8 Å². The third kappa shape index (κ3) is 3.35. The molecule has 7 heteroatoms. The van der Waals surface area contributed by atoms with Gasteiger partial charge in [0.25, 0.3) is 0 Å². The molecule has 0 aliphatic heterocycles. The van der Waals surface area contributed by atoms with Crippen molar-refractivity contribution >= 4 is 28.4 Å². The van der Waals surface area contributed by atoms with Crippen molar-refractivity contribution in [2.45, 2.75) is 0 Å². The summed E-state index contributed by atoms with van der Waals surface area (Å²) in [6.07, 6.45) is 0. The van der Waals surface area contributed by atoms with Crippen LogP contribution in [0.5, 0.6) is 0 Å². The fraction of sp³-hybridized carbons (Fsp3) is 0.125. The topological polar surface area (TPSA) is 70.1 Å². The third-order valence-electron chi connectivity index (χ3n) is 3.19. The Labute approximate surface area is 131 Å². The van der Waals surface area contributed by atoms with Gasteiger partial charge in [0.05, 0.1) is 17.8 Å². The van der Waals surface area contributed by atoms with Crippen molar-refractivity contribution in [1.82, 2.24) is 9.97 Å². The number of fused-ring (bicyclic) bond motifs is 1. The Hall–Kier alpha value is -2.80. The van der Waals surface area contributed by atoms with Crippen LogP contribution in [0.4, 0.5) is 26.2 Å². The van der Waals surface area contributed by atoms with E-state index in [1.165, 1.54) is 6.07 Å². The van der Waals surface area contributed by atoms with Gasteiger partial charge in [-0.3, -0.25) is 0 Å². The molecule has 0 unspecified atom stereocenters. The van der Waals surface area contributed by atoms with E-state index in [2.05, 4.69) is 20.6 Å². The molecule has 0 aliphatic rings. The van der Waals surface area contributed by atoms with Crippen LogP contribution in [-0.4, -0.2) is 28.2 Å². The number of anilines is 3. The van der Waals surface area contributed by atoms with Crippen LogP contribution in [-0.2, 0) is 0 Å². The molecule has 2 aromatic carbocycles. The Bertz CT molecular complexity index is 841. The zero-order valence-corrected chi connectivity index (χ0v) is 12.1. The molecule has 0 bridgehead atoms. The Morgan fingerprint density at radius 2 is 1.87 bits per heavy atom. The molecule has 118 valence electrons. The quantitative estimate of drug-likeness (QED) is 0.675. The molecule has 5 nitrogen and oxygen atoms in total. The highest BCUT2D eigenvalue weighted by molar-refractivity contribution is 5.90. The highest BCUT2D eigenvalue weighted by Crippen LogP contribution is 2.24. The van der Waals surface area contributed by atoms with Crippen molar-refractivity contribution in [2.24, 2.45) is 0 Å². The van der Waals surface area contributed by atoms with Gasteiger partial charge in [0.2, 0.25) is 5.95 Å². The number of hydrogen-bond acceptors (Lipinski definition) is 5. The number of hydrogen-bond donors (Lipinski definition) is 3. The molecule has 0 aliphatic carbocycles. The second kappa shape index (κ2) is 6.53. The van der Waals surface area contributed by atoms with Crippen LogP contribution in [0, 0.1) is 11.6 Å². The second-order valence-electron chi connectivity index (χ2n) is 4.81. The van der Waals surface area contributed by atoms with Gasteiger partial charge in [0.15, 0.2) is 0 Å². The van der Waals surface area contributed by atoms with Gasteiger partial charge >= 0.3 is 0 Å². The van der Waals surface area contributed by atoms with E-state index in [0.29, 0.717) is 17.9 Å². The average Bonchev–Trinajstić information content (AvgIpc) is 2.55. The van der Waals surface area contributed by atoms with Crippen molar-refractivity contribution in [1.29, 1.82) is 0 Å². The summed E-state index contributed by atoms with van der Waals surface area (Å²) in [6, 6.07) is 10.5. The number of halogens is 2. The molecule has 3 rings (SSSR count). The number of aromatic nitrogens is 2. The first-order valence-corrected chi connectivity index (χ1v) is 7.01. The number of para-hydroxylation sites is 1. The van der Waals surface area contributed by atoms with Gasteiger partial charge in [-0.1, -0.05) is 12.1 Å². The molecule has 1 heterocycles. The molecular formula is C16H14F2N4O. The highest BCUT2D eigenvalue weighted by Gasteiger charge is 2.10. The Kier molecular flexibility index (Phi) is 4.29. The minimum absolute atomic E-state index is 0.0479. The number of nitrogens with one attached hydrogen (secondary N) is 2. The van der Waals surface area contributed by atoms with E-state index >= 15 is 0 Å². The fourth-order valence-corrected chi connectivity index (χ4v) is 2.15. The van der Waals surface area contributed by atoms with Crippen molar-refractivity contribution in [3.8, 4) is 0 Å². The third-order valence-corrected chi connectivity index (χ3v) is 3.19. The number of aliphatic hydroxyl groups is 1. The van der Waals surface area contributed by atoms with Crippen LogP contribution in [0.25, 0.3) is 10.9 Å². The van der Waals surface area contributed by atoms with Crippen LogP contribution in [0.3, 0.4) is 0 Å². The molecule has 0 fully saturated rings. The van der Waals surface area contributed by atoms with Gasteiger partial charge in [0, 0.05) is 18.0 Å². The first kappa shape index (κ1) is 15.1. The van der Waals surface area contributed by atoms with Crippen molar-refractivity contribution in [3.05, 3.63) is 54.1 Å². The Morgan fingerprint density at radius 3 is 2.65 bits per heavy atom. The van der Waals surface area contributed by atoms with Crippen LogP contribution in [0.2, 0.25) is 0 Å². The first-order valence-electron chi connectivity index (χ1n) is 7.01. The highest BCUT2D eigenvalue weighted by atomic mass is 19.1. The maximum atomic E-state index is 13.7. The maximum absolute atomic E-state index is 13.7. The molecule has 23 heavy (non-hydrogen) atoms. The summed E-state index contributed by atoms with van der Waals surface area (Å²) in [4.78, 5) is 8.61. The summed E-state index contributed by atoms with van der Waals surface area (Å²) in [6.45, 7) is 0.277. The van der Waals surface area contributed by atoms with E-state index in [1.54, 1.807) is 6.07 Å². The van der Waals surface area contributed by atoms with Gasteiger partial charge in [0.1, 0.15) is 17.5 Å². The van der Waals surface area contributed by atoms with E-state index in [9.17, 15) is 8.78 Å². The van der Waals surface area contributed by atoms with Gasteiger partial charge in [-0.2, -0.15) is 4.98 Å². The summed E-state index contributed by atoms with van der Waals surface area (Å²) >= 11 is 0. The summed E-state index contributed by atoms with van der Waals surface area (Å²) in [7, 11) is 0. The predicted octanol–water partition coefficient (Wildman–Crippen LogP) is 3.06. The lowest BCUT2D eigenvalue weighted by atomic mass is 10.2. The minimum Gasteiger partial charge on any atom is -0.395 e. The van der Waals surface area contributed by atoms with E-state index in [0.717, 1.165) is 17.5 Å². The SMILES string of the molecule is OCCNc1nc(Nc2ccc(F)cc2F)nc2ccccc12. The molecule has 0 atom stereocenters. The monoisotopic (exact) mass is 316 g/mol. The summed E-state index contributed by atoms with van der Waals surface area (Å²) in [5.41, 5.74) is 0.739. The lowest BCUT2D eigenvalue weighted by Gasteiger charge is -2.11. The lowest BCUT2D eigenvalue weighted by Crippen LogP contribution is -2.09. The standard InChI is InChI=1S/C16H14F2N4O/c17-10-5-6-14(12(18)9-10)21-16-20-13-4-2-1-3-11(13)15(22-16)19-7-8-23/h1-6,9,23H,7-8H2,(H2,19,20,21,22). The van der Waals surface area contributed by atoms with E-state index in [1.807, 2.05) is 18.2 Å². The zero-order chi connectivity index (χ0) is 16.2. The molecule has 3 aromatic rings. The largest absolute Gasteiger partial charge is 0.395 e. The minimum atomic E-state index is -0.730. The molecule has 3 N–H and O–H groups in total. The van der Waals surface area contributed by atoms with E-state index in [-0.39, 0.29) is 18.2 Å². The average molecular weight is 316 g/mol. The van der Waals surface area contributed by atoms with Crippen LogP contribution < -0.4 is 10.6 Å². The summed E-state index contributed by atoms with van der Waals surface area (Å²) < 4.78 is 26.7. The lowest BCUT2D eigenvalue weighted by molar-refractivity contribution is 0.311. The normalized spacial score (nSPS) is 10.7. The Balaban J connectivity index is 2.00. The molecule has 0 amide bonds. The number of aliphatic hydroxyl groups excluding tert-OH is 1. The van der Waals surface area contributed by atoms with E-state index in [4.69, 9.17) is 5.11 Å². The van der Waals surface area contributed by atoms with Crippen molar-refractivity contribution in [2.75, 3.05) is 23.8 Å². The smallest absolute Gasteiger partial charge is 0.229 e. The van der Waals surface area contributed by atoms with E-state index < -0.39 is 11.6 Å². The zero-order valence-electron chi connectivity index (χ0n) is 12.1. The maximum Gasteiger partial charge on any atom is 0.229 e. The molecule has 1 aromatic heterocycles. The van der Waals surface area contributed by atoms with Crippen LogP contribution >= 0.6 is 0 Å². The molecule has 0 radical (unpaired) electrons. The molecular weight excluding hydrogens is 302 g/mol. The van der Waals surface area contributed by atoms with Gasteiger partial charge < -0.3 is 15.7 Å². The van der Waals surface area contributed by atoms with Crippen LogP contribution in [0.15, 0.2) is 42.5 Å². The van der Waals surface area contributed by atoms with Gasteiger partial charge in [-0.15, -0.1) is 0 Å². The van der Waals surface area contributed by atoms with Crippen molar-refractivity contribution < 1.29 is 13.9 Å². The number of rotatable bonds is 5. The summed E-state index contributed by atoms with van der Waals surface area (Å²) in [5, 5.41) is 15.5. The van der Waals surface area contributed by atoms with Gasteiger partial charge in [-0.05, 0) is 24.3 Å². The second-order valence-corrected chi connectivity index (χ2v) is 4.81. The first-order chi connectivity index (χ1) is 11.2. The predicted molar refractivity (Wildman–Crippen MR) is 84.8 cm³/mol. The summed E-state index contributed by atoms with van der Waals surface area (Å²) in [5.74, 6) is -0.686. The molecule has 0 spiro atoms. The van der Waals surface area contributed by atoms with Crippen LogP contribution in [0.1, 0.15) is 0 Å². The molecule has 0 saturated carbocycles.